The second-order valence-corrected chi connectivity index (χ2v) is 10.7. The first kappa shape index (κ1) is 27.1. The van der Waals surface area contributed by atoms with Crippen LogP contribution < -0.4 is 0 Å². The van der Waals surface area contributed by atoms with E-state index in [9.17, 15) is 19.5 Å². The van der Waals surface area contributed by atoms with Crippen molar-refractivity contribution in [1.82, 2.24) is 14.7 Å². The summed E-state index contributed by atoms with van der Waals surface area (Å²) >= 11 is 0. The van der Waals surface area contributed by atoms with Crippen LogP contribution in [0.5, 0.6) is 0 Å². The SMILES string of the molecule is C=CCN(C)C(=O)[C@@H]1[C@@H]2CCC3(O2)C(C(=O)N(CC=C)C(C)C)N([C@@H](CO)Cc2ccccc2)C(=O)[C@H]13. The average Bonchev–Trinajstić information content (AvgIpc) is 3.53. The van der Waals surface area contributed by atoms with E-state index >= 15 is 0 Å². The molecule has 6 atom stereocenters. The molecule has 0 aliphatic carbocycles. The number of carbonyl (C=O) groups excluding carboxylic acids is 3. The highest BCUT2D eigenvalue weighted by Crippen LogP contribution is 2.59. The lowest BCUT2D eigenvalue weighted by Gasteiger charge is -2.40. The van der Waals surface area contributed by atoms with E-state index in [-0.39, 0.29) is 30.4 Å². The second-order valence-electron chi connectivity index (χ2n) is 10.7. The van der Waals surface area contributed by atoms with E-state index < -0.39 is 35.6 Å². The van der Waals surface area contributed by atoms with Crippen LogP contribution in [-0.2, 0) is 25.5 Å². The Morgan fingerprint density at radius 2 is 1.86 bits per heavy atom. The lowest BCUT2D eigenvalue weighted by atomic mass is 9.70. The number of aliphatic hydroxyl groups is 1. The van der Waals surface area contributed by atoms with Gasteiger partial charge < -0.3 is 24.5 Å². The van der Waals surface area contributed by atoms with Crippen LogP contribution in [0.2, 0.25) is 0 Å². The second kappa shape index (κ2) is 10.8. The maximum absolute atomic E-state index is 14.3. The van der Waals surface area contributed by atoms with Crippen LogP contribution in [0.1, 0.15) is 32.3 Å². The largest absolute Gasteiger partial charge is 0.394 e. The summed E-state index contributed by atoms with van der Waals surface area (Å²) in [6.07, 6.45) is 4.40. The molecule has 1 aromatic rings. The number of nitrogens with zero attached hydrogens (tertiary/aromatic N) is 3. The molecule has 3 fully saturated rings. The van der Waals surface area contributed by atoms with Crippen LogP contribution in [-0.4, -0.2) is 94.1 Å². The van der Waals surface area contributed by atoms with Gasteiger partial charge in [0, 0.05) is 26.2 Å². The molecule has 37 heavy (non-hydrogen) atoms. The lowest BCUT2D eigenvalue weighted by Crippen LogP contribution is -2.60. The first-order valence-electron chi connectivity index (χ1n) is 13.1. The van der Waals surface area contributed by atoms with Crippen molar-refractivity contribution in [3.8, 4) is 0 Å². The van der Waals surface area contributed by atoms with E-state index in [2.05, 4.69) is 13.2 Å². The molecule has 8 heteroatoms. The van der Waals surface area contributed by atoms with Gasteiger partial charge in [0.05, 0.1) is 30.6 Å². The molecule has 3 aliphatic heterocycles. The fraction of sp³-hybridized carbons (Fsp3) is 0.552. The highest BCUT2D eigenvalue weighted by molar-refractivity contribution is 5.99. The van der Waals surface area contributed by atoms with Crippen LogP contribution in [0.25, 0.3) is 0 Å². The first-order valence-corrected chi connectivity index (χ1v) is 13.1. The van der Waals surface area contributed by atoms with Crippen LogP contribution in [0.3, 0.4) is 0 Å². The summed E-state index contributed by atoms with van der Waals surface area (Å²) in [6.45, 7) is 11.8. The van der Waals surface area contributed by atoms with E-state index in [1.807, 2.05) is 44.2 Å². The third-order valence-electron chi connectivity index (χ3n) is 8.19. The predicted octanol–water partition coefficient (Wildman–Crippen LogP) is 2.03. The summed E-state index contributed by atoms with van der Waals surface area (Å²) in [4.78, 5) is 46.9. The molecule has 3 heterocycles. The molecule has 0 saturated carbocycles. The normalized spacial score (nSPS) is 28.8. The standard InChI is InChI=1S/C29H39N3O5/c1-6-15-30(5)26(34)23-22-13-14-29(37-22)24(23)27(35)32(21(18-33)17-20-11-9-8-10-12-20)25(29)28(36)31(16-7-2)19(3)4/h6-12,19,21-25,33H,1-2,13-18H2,3-5H3/t21-,22+,23-,24+,25?,29?/m1/s1. The van der Waals surface area contributed by atoms with Gasteiger partial charge in [0.1, 0.15) is 11.6 Å². The fourth-order valence-corrected chi connectivity index (χ4v) is 6.57. The monoisotopic (exact) mass is 509 g/mol. The molecule has 2 unspecified atom stereocenters. The van der Waals surface area contributed by atoms with Gasteiger partial charge in [0.15, 0.2) is 0 Å². The Bertz CT molecular complexity index is 1040. The number of benzene rings is 1. The quantitative estimate of drug-likeness (QED) is 0.461. The number of hydrogen-bond donors (Lipinski definition) is 1. The number of amides is 3. The molecule has 0 aromatic heterocycles. The number of likely N-dealkylation sites (tertiary alicyclic amines) is 1. The molecule has 4 rings (SSSR count). The summed E-state index contributed by atoms with van der Waals surface area (Å²) in [5.74, 6) is -2.14. The molecule has 3 aliphatic rings. The molecule has 0 radical (unpaired) electrons. The van der Waals surface area contributed by atoms with Gasteiger partial charge >= 0.3 is 0 Å². The molecule has 3 saturated heterocycles. The molecule has 200 valence electrons. The predicted molar refractivity (Wildman–Crippen MR) is 140 cm³/mol. The van der Waals surface area contributed by atoms with Crippen molar-refractivity contribution in [2.24, 2.45) is 11.8 Å². The van der Waals surface area contributed by atoms with Crippen LogP contribution in [0, 0.1) is 11.8 Å². The van der Waals surface area contributed by atoms with Crippen molar-refractivity contribution in [3.05, 3.63) is 61.2 Å². The molecule has 3 amide bonds. The van der Waals surface area contributed by atoms with E-state index in [1.54, 1.807) is 33.9 Å². The summed E-state index contributed by atoms with van der Waals surface area (Å²) < 4.78 is 6.54. The molecule has 8 nitrogen and oxygen atoms in total. The minimum Gasteiger partial charge on any atom is -0.394 e. The molecule has 2 bridgehead atoms. The lowest BCUT2D eigenvalue weighted by molar-refractivity contribution is -0.152. The molecule has 1 spiro atoms. The van der Waals surface area contributed by atoms with Crippen molar-refractivity contribution in [2.45, 2.75) is 62.9 Å². The maximum atomic E-state index is 14.3. The summed E-state index contributed by atoms with van der Waals surface area (Å²) in [7, 11) is 1.69. The topological polar surface area (TPSA) is 90.4 Å². The van der Waals surface area contributed by atoms with E-state index in [4.69, 9.17) is 4.74 Å². The van der Waals surface area contributed by atoms with E-state index in [0.29, 0.717) is 32.4 Å². The number of hydrogen-bond acceptors (Lipinski definition) is 5. The number of rotatable bonds is 11. The number of ether oxygens (including phenoxy) is 1. The average molecular weight is 510 g/mol. The Morgan fingerprint density at radius 1 is 1.19 bits per heavy atom. The van der Waals surface area contributed by atoms with Gasteiger partial charge in [0.25, 0.3) is 0 Å². The molecule has 1 aromatic carbocycles. The highest BCUT2D eigenvalue weighted by Gasteiger charge is 2.75. The van der Waals surface area contributed by atoms with Gasteiger partial charge in [-0.15, -0.1) is 13.2 Å². The van der Waals surface area contributed by atoms with Crippen molar-refractivity contribution >= 4 is 17.7 Å². The van der Waals surface area contributed by atoms with Crippen molar-refractivity contribution in [1.29, 1.82) is 0 Å². The number of likely N-dealkylation sites (N-methyl/N-ethyl adjacent to an activating group) is 1. The number of carbonyl (C=O) groups is 3. The van der Waals surface area contributed by atoms with Crippen molar-refractivity contribution in [3.63, 3.8) is 0 Å². The zero-order chi connectivity index (χ0) is 26.9. The first-order chi connectivity index (χ1) is 17.7. The van der Waals surface area contributed by atoms with E-state index in [0.717, 1.165) is 5.56 Å². The van der Waals surface area contributed by atoms with Gasteiger partial charge in [-0.2, -0.15) is 0 Å². The third-order valence-corrected chi connectivity index (χ3v) is 8.19. The Morgan fingerprint density at radius 3 is 2.46 bits per heavy atom. The van der Waals surface area contributed by atoms with Crippen molar-refractivity contribution in [2.75, 3.05) is 26.7 Å². The maximum Gasteiger partial charge on any atom is 0.248 e. The minimum absolute atomic E-state index is 0.130. The highest BCUT2D eigenvalue weighted by atomic mass is 16.5. The minimum atomic E-state index is -1.10. The Labute approximate surface area is 219 Å². The van der Waals surface area contributed by atoms with Gasteiger partial charge in [-0.1, -0.05) is 42.5 Å². The summed E-state index contributed by atoms with van der Waals surface area (Å²) in [6, 6.07) is 7.91. The van der Waals surface area contributed by atoms with Gasteiger partial charge in [0.2, 0.25) is 17.7 Å². The fourth-order valence-electron chi connectivity index (χ4n) is 6.57. The molecule has 1 N–H and O–H groups in total. The third kappa shape index (κ3) is 4.50. The van der Waals surface area contributed by atoms with Crippen LogP contribution in [0.4, 0.5) is 0 Å². The van der Waals surface area contributed by atoms with Gasteiger partial charge in [-0.3, -0.25) is 14.4 Å². The number of fused-ring (bicyclic) bond motifs is 1. The van der Waals surface area contributed by atoms with E-state index in [1.165, 1.54) is 0 Å². The Kier molecular flexibility index (Phi) is 7.90. The summed E-state index contributed by atoms with van der Waals surface area (Å²) in [5.41, 5.74) is -0.155. The van der Waals surface area contributed by atoms with Crippen LogP contribution >= 0.6 is 0 Å². The smallest absolute Gasteiger partial charge is 0.248 e. The van der Waals surface area contributed by atoms with Crippen LogP contribution in [0.15, 0.2) is 55.6 Å². The van der Waals surface area contributed by atoms with Gasteiger partial charge in [-0.25, -0.2) is 0 Å². The van der Waals surface area contributed by atoms with Crippen molar-refractivity contribution < 1.29 is 24.2 Å². The Hall–Kier alpha value is -2.97. The molecular formula is C29H39N3O5. The zero-order valence-electron chi connectivity index (χ0n) is 22.1. The Balaban J connectivity index is 1.79. The molecular weight excluding hydrogens is 470 g/mol. The van der Waals surface area contributed by atoms with Gasteiger partial charge in [-0.05, 0) is 38.7 Å². The number of aliphatic hydroxyl groups excluding tert-OH is 1. The zero-order valence-corrected chi connectivity index (χ0v) is 22.1. The summed E-state index contributed by atoms with van der Waals surface area (Å²) in [5, 5.41) is 10.5.